The Balaban J connectivity index is 2.40. The smallest absolute Gasteiger partial charge is 0.140 e. The van der Waals surface area contributed by atoms with Crippen LogP contribution in [-0.2, 0) is 7.05 Å². The van der Waals surface area contributed by atoms with Crippen LogP contribution in [0.25, 0.3) is 22.3 Å². The number of hydrogen-bond donors (Lipinski definition) is 1. The molecular weight excluding hydrogens is 249 g/mol. The van der Waals surface area contributed by atoms with Gasteiger partial charge in [-0.25, -0.2) is 9.37 Å². The number of halogens is 1. The first-order chi connectivity index (χ1) is 8.66. The van der Waals surface area contributed by atoms with E-state index in [0.717, 1.165) is 10.9 Å². The molecule has 3 aromatic rings. The number of nitrogens with zero attached hydrogens (tertiary/aromatic N) is 2. The van der Waals surface area contributed by atoms with Crippen LogP contribution in [0.5, 0.6) is 0 Å². The molecule has 5 heteroatoms. The molecule has 0 aliphatic carbocycles. The molecule has 1 N–H and O–H groups in total. The maximum Gasteiger partial charge on any atom is 0.140 e. The van der Waals surface area contributed by atoms with Crippen LogP contribution in [-0.4, -0.2) is 14.5 Å². The van der Waals surface area contributed by atoms with Crippen LogP contribution in [0, 0.1) is 10.3 Å². The third-order valence-corrected chi connectivity index (χ3v) is 3.29. The van der Waals surface area contributed by atoms with E-state index in [2.05, 4.69) is 9.97 Å². The molecule has 0 atom stereocenters. The van der Waals surface area contributed by atoms with Gasteiger partial charge in [0.1, 0.15) is 11.6 Å². The fourth-order valence-corrected chi connectivity index (χ4v) is 2.22. The van der Waals surface area contributed by atoms with Crippen molar-refractivity contribution in [1.29, 1.82) is 0 Å². The minimum Gasteiger partial charge on any atom is -0.350 e. The first-order valence-electron chi connectivity index (χ1n) is 5.45. The lowest BCUT2D eigenvalue weighted by atomic mass is 10.1. The number of H-pyrrole nitrogens is 1. The first kappa shape index (κ1) is 11.1. The summed E-state index contributed by atoms with van der Waals surface area (Å²) >= 11 is 5.21. The number of benzene rings is 1. The number of pyridine rings is 1. The van der Waals surface area contributed by atoms with E-state index in [1.165, 1.54) is 6.07 Å². The molecule has 0 saturated carbocycles. The van der Waals surface area contributed by atoms with Crippen LogP contribution < -0.4 is 0 Å². The monoisotopic (exact) mass is 259 g/mol. The highest BCUT2D eigenvalue weighted by Gasteiger charge is 2.10. The number of aryl methyl sites for hydroxylation is 1. The largest absolute Gasteiger partial charge is 0.350 e. The van der Waals surface area contributed by atoms with E-state index >= 15 is 0 Å². The van der Waals surface area contributed by atoms with E-state index in [9.17, 15) is 4.39 Å². The Labute approximate surface area is 108 Å². The van der Waals surface area contributed by atoms with Crippen LogP contribution in [0.2, 0.25) is 0 Å². The van der Waals surface area contributed by atoms with Gasteiger partial charge in [0.05, 0.1) is 11.1 Å². The summed E-state index contributed by atoms with van der Waals surface area (Å²) in [5.41, 5.74) is 1.33. The molecule has 2 heterocycles. The summed E-state index contributed by atoms with van der Waals surface area (Å²) in [4.78, 5) is 6.98. The number of aromatic amines is 1. The molecule has 0 aliphatic rings. The zero-order valence-corrected chi connectivity index (χ0v) is 10.5. The van der Waals surface area contributed by atoms with Crippen molar-refractivity contribution in [2.45, 2.75) is 0 Å². The van der Waals surface area contributed by atoms with Crippen molar-refractivity contribution in [3.05, 3.63) is 47.1 Å². The van der Waals surface area contributed by atoms with E-state index in [0.29, 0.717) is 15.9 Å². The van der Waals surface area contributed by atoms with Gasteiger partial charge in [-0.3, -0.25) is 0 Å². The van der Waals surface area contributed by atoms with E-state index in [-0.39, 0.29) is 5.82 Å². The van der Waals surface area contributed by atoms with Gasteiger partial charge in [0.25, 0.3) is 0 Å². The maximum atomic E-state index is 14.1. The highest BCUT2D eigenvalue weighted by Crippen LogP contribution is 2.25. The maximum absolute atomic E-state index is 14.1. The van der Waals surface area contributed by atoms with Crippen molar-refractivity contribution in [2.75, 3.05) is 0 Å². The Morgan fingerprint density at radius 2 is 2.22 bits per heavy atom. The molecule has 0 saturated heterocycles. The molecule has 0 aliphatic heterocycles. The Morgan fingerprint density at radius 1 is 1.39 bits per heavy atom. The molecule has 3 rings (SSSR count). The quantitative estimate of drug-likeness (QED) is 0.679. The Hall–Kier alpha value is -2.01. The Morgan fingerprint density at radius 3 is 2.94 bits per heavy atom. The summed E-state index contributed by atoms with van der Waals surface area (Å²) in [6.45, 7) is 0. The molecule has 0 amide bonds. The van der Waals surface area contributed by atoms with Crippen molar-refractivity contribution >= 4 is 23.1 Å². The number of imidazole rings is 1. The van der Waals surface area contributed by atoms with Gasteiger partial charge in [0.15, 0.2) is 0 Å². The molecule has 0 bridgehead atoms. The van der Waals surface area contributed by atoms with Gasteiger partial charge >= 0.3 is 0 Å². The number of fused-ring (bicyclic) bond motifs is 1. The van der Waals surface area contributed by atoms with E-state index in [1.807, 2.05) is 17.8 Å². The molecule has 3 nitrogen and oxygen atoms in total. The lowest BCUT2D eigenvalue weighted by Crippen LogP contribution is -1.95. The summed E-state index contributed by atoms with van der Waals surface area (Å²) in [5.74, 6) is 0.193. The molecule has 0 fully saturated rings. The second-order valence-electron chi connectivity index (χ2n) is 4.08. The zero-order chi connectivity index (χ0) is 12.7. The number of nitrogens with one attached hydrogen (secondary N) is 1. The Bertz CT molecular complexity index is 775. The van der Waals surface area contributed by atoms with E-state index in [1.54, 1.807) is 24.5 Å². The van der Waals surface area contributed by atoms with Crippen LogP contribution in [0.3, 0.4) is 0 Å². The van der Waals surface area contributed by atoms with Crippen molar-refractivity contribution in [3.63, 3.8) is 0 Å². The molecule has 0 unspecified atom stereocenters. The van der Waals surface area contributed by atoms with Gasteiger partial charge < -0.3 is 9.55 Å². The fraction of sp³-hybridized carbons (Fsp3) is 0.0769. The van der Waals surface area contributed by atoms with Crippen molar-refractivity contribution in [2.24, 2.45) is 7.05 Å². The molecule has 0 radical (unpaired) electrons. The third kappa shape index (κ3) is 1.64. The van der Waals surface area contributed by atoms with E-state index < -0.39 is 0 Å². The summed E-state index contributed by atoms with van der Waals surface area (Å²) in [6, 6.07) is 5.03. The lowest BCUT2D eigenvalue weighted by Gasteiger charge is -2.08. The van der Waals surface area contributed by atoms with Gasteiger partial charge in [0, 0.05) is 35.5 Å². The van der Waals surface area contributed by atoms with Crippen LogP contribution >= 0.6 is 12.2 Å². The van der Waals surface area contributed by atoms with Gasteiger partial charge in [-0.15, -0.1) is 0 Å². The standard InChI is InChI=1S/C13H10FN3S/c1-17-5-2-12(18)9-6-10(14)8(7-11(9)17)13-15-3-4-16-13/h2-7H,1H3,(H,15,16). The number of rotatable bonds is 1. The summed E-state index contributed by atoms with van der Waals surface area (Å²) in [6.07, 6.45) is 5.14. The highest BCUT2D eigenvalue weighted by molar-refractivity contribution is 7.71. The van der Waals surface area contributed by atoms with Gasteiger partial charge in [-0.1, -0.05) is 12.2 Å². The predicted octanol–water partition coefficient (Wildman–Crippen LogP) is 3.44. The average molecular weight is 259 g/mol. The van der Waals surface area contributed by atoms with Gasteiger partial charge in [0.2, 0.25) is 0 Å². The van der Waals surface area contributed by atoms with Crippen molar-refractivity contribution < 1.29 is 4.39 Å². The number of hydrogen-bond acceptors (Lipinski definition) is 2. The third-order valence-electron chi connectivity index (χ3n) is 2.93. The summed E-state index contributed by atoms with van der Waals surface area (Å²) in [7, 11) is 1.90. The molecular formula is C13H10FN3S. The molecule has 1 aromatic carbocycles. The highest BCUT2D eigenvalue weighted by atomic mass is 32.1. The van der Waals surface area contributed by atoms with Crippen LogP contribution in [0.4, 0.5) is 4.39 Å². The van der Waals surface area contributed by atoms with Crippen molar-refractivity contribution in [1.82, 2.24) is 14.5 Å². The first-order valence-corrected chi connectivity index (χ1v) is 5.86. The van der Waals surface area contributed by atoms with Gasteiger partial charge in [-0.2, -0.15) is 0 Å². The fourth-order valence-electron chi connectivity index (χ4n) is 1.99. The normalized spacial score (nSPS) is 11.0. The van der Waals surface area contributed by atoms with Crippen molar-refractivity contribution in [3.8, 4) is 11.4 Å². The predicted molar refractivity (Wildman–Crippen MR) is 71.3 cm³/mol. The molecule has 90 valence electrons. The summed E-state index contributed by atoms with van der Waals surface area (Å²) < 4.78 is 16.6. The van der Waals surface area contributed by atoms with Crippen LogP contribution in [0.15, 0.2) is 36.8 Å². The molecule has 18 heavy (non-hydrogen) atoms. The number of aromatic nitrogens is 3. The van der Waals surface area contributed by atoms with Crippen LogP contribution in [0.1, 0.15) is 0 Å². The minimum absolute atomic E-state index is 0.324. The minimum atomic E-state index is -0.324. The Kier molecular flexibility index (Phi) is 2.48. The average Bonchev–Trinajstić information content (AvgIpc) is 2.87. The molecule has 2 aromatic heterocycles. The summed E-state index contributed by atoms with van der Waals surface area (Å²) in [5, 5.41) is 0.739. The van der Waals surface area contributed by atoms with Gasteiger partial charge in [-0.05, 0) is 18.2 Å². The van der Waals surface area contributed by atoms with E-state index in [4.69, 9.17) is 12.2 Å². The second kappa shape index (κ2) is 4.03. The zero-order valence-electron chi connectivity index (χ0n) is 9.64. The topological polar surface area (TPSA) is 33.6 Å². The second-order valence-corrected chi connectivity index (χ2v) is 4.52. The SMILES string of the molecule is Cn1ccc(=S)c2cc(F)c(-c3ncc[nH]3)cc21. The molecule has 0 spiro atoms. The lowest BCUT2D eigenvalue weighted by molar-refractivity contribution is 0.631.